The third-order valence-corrected chi connectivity index (χ3v) is 1.09. The summed E-state index contributed by atoms with van der Waals surface area (Å²) in [7, 11) is 0. The van der Waals surface area contributed by atoms with Crippen LogP contribution in [0.4, 0.5) is 0 Å². The van der Waals surface area contributed by atoms with Crippen LogP contribution in [0.25, 0.3) is 6.08 Å². The van der Waals surface area contributed by atoms with Crippen molar-refractivity contribution in [1.29, 1.82) is 0 Å². The number of hydrogen-bond donors (Lipinski definition) is 1. The summed E-state index contributed by atoms with van der Waals surface area (Å²) in [5, 5.41) is 8.85. The van der Waals surface area contributed by atoms with Gasteiger partial charge in [0.05, 0.1) is 1.37 Å². The Kier molecular flexibility index (Phi) is 1.21. The van der Waals surface area contributed by atoms with E-state index in [1.165, 1.54) is 6.55 Å². The number of phenols is 1. The number of benzene rings is 1. The van der Waals surface area contributed by atoms with Crippen molar-refractivity contribution in [3.05, 3.63) is 36.4 Å². The van der Waals surface area contributed by atoms with Gasteiger partial charge in [0.25, 0.3) is 0 Å². The van der Waals surface area contributed by atoms with Crippen molar-refractivity contribution in [2.24, 2.45) is 0 Å². The first-order chi connectivity index (χ1) is 4.83. The molecule has 0 saturated heterocycles. The zero-order chi connectivity index (χ0) is 7.40. The Morgan fingerprint density at radius 3 is 2.67 bits per heavy atom. The van der Waals surface area contributed by atoms with E-state index in [1.807, 2.05) is 0 Å². The van der Waals surface area contributed by atoms with Gasteiger partial charge in [0.1, 0.15) is 5.75 Å². The van der Waals surface area contributed by atoms with E-state index in [0.29, 0.717) is 0 Å². The third-order valence-electron chi connectivity index (χ3n) is 1.09. The molecule has 9 heavy (non-hydrogen) atoms. The Morgan fingerprint density at radius 1 is 1.44 bits per heavy atom. The standard InChI is InChI=1S/C8H8O/c1-2-7-3-5-8(9)6-4-7/h2-6,9H,1H2/i1D. The van der Waals surface area contributed by atoms with Gasteiger partial charge in [0.15, 0.2) is 0 Å². The van der Waals surface area contributed by atoms with Crippen molar-refractivity contribution in [2.75, 3.05) is 0 Å². The van der Waals surface area contributed by atoms with Gasteiger partial charge in [0.2, 0.25) is 0 Å². The molecule has 0 aliphatic carbocycles. The SMILES string of the molecule is [2H]C=Cc1ccc(O)cc1. The van der Waals surface area contributed by atoms with Gasteiger partial charge in [-0.3, -0.25) is 0 Å². The summed E-state index contributed by atoms with van der Waals surface area (Å²) in [6.45, 7) is 1.21. The van der Waals surface area contributed by atoms with Gasteiger partial charge in [-0.05, 0) is 17.7 Å². The van der Waals surface area contributed by atoms with Crippen LogP contribution in [0, 0.1) is 0 Å². The van der Waals surface area contributed by atoms with Crippen molar-refractivity contribution < 1.29 is 6.48 Å². The highest BCUT2D eigenvalue weighted by Gasteiger charge is 1.84. The monoisotopic (exact) mass is 121 g/mol. The average Bonchev–Trinajstić information content (AvgIpc) is 1.95. The van der Waals surface area contributed by atoms with Crippen LogP contribution in [-0.2, 0) is 0 Å². The van der Waals surface area contributed by atoms with Crippen molar-refractivity contribution in [3.63, 3.8) is 0 Å². The number of rotatable bonds is 1. The van der Waals surface area contributed by atoms with Gasteiger partial charge in [-0.2, -0.15) is 0 Å². The molecule has 0 spiro atoms. The average molecular weight is 121 g/mol. The first-order valence-corrected chi connectivity index (χ1v) is 2.67. The van der Waals surface area contributed by atoms with Gasteiger partial charge in [-0.15, -0.1) is 0 Å². The Hall–Kier alpha value is -1.24. The maximum Gasteiger partial charge on any atom is 0.115 e. The van der Waals surface area contributed by atoms with E-state index in [-0.39, 0.29) is 5.75 Å². The summed E-state index contributed by atoms with van der Waals surface area (Å²) in [4.78, 5) is 0. The molecule has 0 unspecified atom stereocenters. The molecule has 0 saturated carbocycles. The largest absolute Gasteiger partial charge is 0.508 e. The molecule has 0 heterocycles. The number of hydrogen-bond acceptors (Lipinski definition) is 1. The van der Waals surface area contributed by atoms with Crippen LogP contribution in [-0.4, -0.2) is 5.11 Å². The number of aromatic hydroxyl groups is 1. The van der Waals surface area contributed by atoms with E-state index in [2.05, 4.69) is 0 Å². The van der Waals surface area contributed by atoms with Crippen LogP contribution in [0.3, 0.4) is 0 Å². The van der Waals surface area contributed by atoms with E-state index < -0.39 is 0 Å². The van der Waals surface area contributed by atoms with Gasteiger partial charge in [-0.25, -0.2) is 0 Å². The molecule has 46 valence electrons. The third kappa shape index (κ3) is 1.32. The van der Waals surface area contributed by atoms with Crippen LogP contribution in [0.2, 0.25) is 0 Å². The summed E-state index contributed by atoms with van der Waals surface area (Å²) in [6, 6.07) is 6.69. The van der Waals surface area contributed by atoms with Gasteiger partial charge < -0.3 is 5.11 Å². The van der Waals surface area contributed by atoms with Crippen molar-refractivity contribution in [3.8, 4) is 5.75 Å². The molecular weight excluding hydrogens is 112 g/mol. The molecule has 0 amide bonds. The molecule has 1 nitrogen and oxygen atoms in total. The van der Waals surface area contributed by atoms with E-state index in [9.17, 15) is 0 Å². The fourth-order valence-corrected chi connectivity index (χ4v) is 0.585. The van der Waals surface area contributed by atoms with Crippen LogP contribution in [0.1, 0.15) is 6.93 Å². The molecule has 0 bridgehead atoms. The zero-order valence-electron chi connectivity index (χ0n) is 5.91. The highest BCUT2D eigenvalue weighted by atomic mass is 16.3. The van der Waals surface area contributed by atoms with Gasteiger partial charge in [-0.1, -0.05) is 24.8 Å². The Labute approximate surface area is 55.7 Å². The van der Waals surface area contributed by atoms with E-state index in [1.54, 1.807) is 30.3 Å². The fourth-order valence-electron chi connectivity index (χ4n) is 0.585. The maximum absolute atomic E-state index is 8.85. The maximum atomic E-state index is 8.85. The lowest BCUT2D eigenvalue weighted by molar-refractivity contribution is 0.475. The van der Waals surface area contributed by atoms with Crippen LogP contribution in [0.5, 0.6) is 5.75 Å². The van der Waals surface area contributed by atoms with Gasteiger partial charge in [0, 0.05) is 0 Å². The molecular formula is C8H8O. The molecule has 0 aliphatic rings. The Morgan fingerprint density at radius 2 is 2.11 bits per heavy atom. The topological polar surface area (TPSA) is 20.2 Å². The summed E-state index contributed by atoms with van der Waals surface area (Å²) in [5.41, 5.74) is 0.924. The van der Waals surface area contributed by atoms with Gasteiger partial charge >= 0.3 is 0 Å². The molecule has 1 N–H and O–H groups in total. The lowest BCUT2D eigenvalue weighted by atomic mass is 10.2. The molecule has 1 aromatic rings. The molecule has 0 aliphatic heterocycles. The molecule has 0 radical (unpaired) electrons. The summed E-state index contributed by atoms with van der Waals surface area (Å²) < 4.78 is 6.75. The highest BCUT2D eigenvalue weighted by Crippen LogP contribution is 2.09. The summed E-state index contributed by atoms with van der Waals surface area (Å²) in [6.07, 6.45) is 1.65. The molecule has 0 fully saturated rings. The molecule has 0 aromatic heterocycles. The molecule has 0 atom stereocenters. The van der Waals surface area contributed by atoms with Crippen LogP contribution < -0.4 is 0 Å². The van der Waals surface area contributed by atoms with E-state index in [0.717, 1.165) is 5.56 Å². The smallest absolute Gasteiger partial charge is 0.115 e. The molecule has 1 heteroatoms. The minimum absolute atomic E-state index is 0.252. The van der Waals surface area contributed by atoms with Crippen molar-refractivity contribution in [2.45, 2.75) is 0 Å². The minimum Gasteiger partial charge on any atom is -0.508 e. The van der Waals surface area contributed by atoms with E-state index >= 15 is 0 Å². The second-order valence-electron chi connectivity index (χ2n) is 1.76. The van der Waals surface area contributed by atoms with Crippen LogP contribution >= 0.6 is 0 Å². The minimum atomic E-state index is 0.252. The first kappa shape index (κ1) is 4.62. The summed E-state index contributed by atoms with van der Waals surface area (Å²) in [5.74, 6) is 0.252. The number of phenolic OH excluding ortho intramolecular Hbond substituents is 1. The normalized spacial score (nSPS) is 11.8. The van der Waals surface area contributed by atoms with E-state index in [4.69, 9.17) is 6.48 Å². The highest BCUT2D eigenvalue weighted by molar-refractivity contribution is 5.47. The van der Waals surface area contributed by atoms with Crippen molar-refractivity contribution >= 4 is 6.08 Å². The Balaban J connectivity index is 2.89. The fraction of sp³-hybridized carbons (Fsp3) is 0. The predicted octanol–water partition coefficient (Wildman–Crippen LogP) is 2.04. The van der Waals surface area contributed by atoms with Crippen molar-refractivity contribution in [1.82, 2.24) is 0 Å². The lowest BCUT2D eigenvalue weighted by Gasteiger charge is -1.90. The lowest BCUT2D eigenvalue weighted by Crippen LogP contribution is -1.67. The second-order valence-corrected chi connectivity index (χ2v) is 1.76. The second kappa shape index (κ2) is 2.35. The summed E-state index contributed by atoms with van der Waals surface area (Å²) >= 11 is 0. The zero-order valence-corrected chi connectivity index (χ0v) is 4.91. The first-order valence-electron chi connectivity index (χ1n) is 3.24. The quantitative estimate of drug-likeness (QED) is 0.602. The predicted molar refractivity (Wildman–Crippen MR) is 38.2 cm³/mol. The Bertz CT molecular complexity index is 226. The molecule has 1 rings (SSSR count). The van der Waals surface area contributed by atoms with Crippen LogP contribution in [0.15, 0.2) is 30.8 Å². The molecule has 1 aromatic carbocycles.